The summed E-state index contributed by atoms with van der Waals surface area (Å²) in [6, 6.07) is 1.11. The minimum atomic E-state index is -3.80. The molecule has 18 heavy (non-hydrogen) atoms. The molecule has 1 saturated carbocycles. The minimum Gasteiger partial charge on any atom is -0.480 e. The maximum Gasteiger partial charge on any atom is 0.318 e. The molecule has 7 nitrogen and oxygen atoms in total. The zero-order valence-corrected chi connectivity index (χ0v) is 10.6. The molecule has 0 unspecified atom stereocenters. The molecule has 100 valence electrons. The zero-order valence-electron chi connectivity index (χ0n) is 9.74. The van der Waals surface area contributed by atoms with E-state index < -0.39 is 22.5 Å². The van der Waals surface area contributed by atoms with Crippen LogP contribution in [0.4, 0.5) is 0 Å². The molecular weight excluding hydrogens is 258 g/mol. The first-order chi connectivity index (χ1) is 8.51. The predicted octanol–water partition coefficient (Wildman–Crippen LogP) is 0.428. The number of aromatic nitrogens is 2. The molecule has 1 aromatic heterocycles. The van der Waals surface area contributed by atoms with Crippen LogP contribution < -0.4 is 0 Å². The van der Waals surface area contributed by atoms with Crippen LogP contribution in [0.1, 0.15) is 25.7 Å². The molecular formula is C10H15N3O4S. The molecule has 1 heterocycles. The van der Waals surface area contributed by atoms with Crippen molar-refractivity contribution < 1.29 is 18.3 Å². The third-order valence-corrected chi connectivity index (χ3v) is 4.91. The van der Waals surface area contributed by atoms with Crippen LogP contribution in [0, 0.1) is 0 Å². The monoisotopic (exact) mass is 273 g/mol. The molecule has 0 atom stereocenters. The van der Waals surface area contributed by atoms with E-state index in [1.807, 2.05) is 0 Å². The fourth-order valence-electron chi connectivity index (χ4n) is 2.25. The van der Waals surface area contributed by atoms with Crippen LogP contribution in [-0.2, 0) is 14.8 Å². The molecule has 0 aromatic carbocycles. The van der Waals surface area contributed by atoms with Gasteiger partial charge >= 0.3 is 5.97 Å². The van der Waals surface area contributed by atoms with E-state index in [0.29, 0.717) is 12.8 Å². The van der Waals surface area contributed by atoms with Crippen molar-refractivity contribution in [3.05, 3.63) is 12.3 Å². The lowest BCUT2D eigenvalue weighted by Gasteiger charge is -2.25. The first-order valence-electron chi connectivity index (χ1n) is 5.75. The van der Waals surface area contributed by atoms with Gasteiger partial charge in [-0.25, -0.2) is 8.42 Å². The van der Waals surface area contributed by atoms with Crippen LogP contribution >= 0.6 is 0 Å². The number of rotatable bonds is 5. The van der Waals surface area contributed by atoms with E-state index in [4.69, 9.17) is 5.11 Å². The SMILES string of the molecule is O=C(O)CN(C1CCCC1)S(=O)(=O)c1ccn[nH]1. The summed E-state index contributed by atoms with van der Waals surface area (Å²) in [6.07, 6.45) is 4.61. The smallest absolute Gasteiger partial charge is 0.318 e. The molecule has 0 aliphatic heterocycles. The lowest BCUT2D eigenvalue weighted by Crippen LogP contribution is -2.42. The average molecular weight is 273 g/mol. The fraction of sp³-hybridized carbons (Fsp3) is 0.600. The maximum atomic E-state index is 12.3. The third kappa shape index (κ3) is 2.54. The Hall–Kier alpha value is -1.41. The Morgan fingerprint density at radius 1 is 1.50 bits per heavy atom. The molecule has 1 aliphatic carbocycles. The molecule has 2 N–H and O–H groups in total. The standard InChI is InChI=1S/C10H15N3O4S/c14-10(15)7-13(8-3-1-2-4-8)18(16,17)9-5-6-11-12-9/h5-6,8H,1-4,7H2,(H,11,12)(H,14,15). The highest BCUT2D eigenvalue weighted by atomic mass is 32.2. The first kappa shape index (κ1) is 13.0. The Bertz CT molecular complexity index is 505. The Labute approximate surface area is 105 Å². The summed E-state index contributed by atoms with van der Waals surface area (Å²) < 4.78 is 25.7. The van der Waals surface area contributed by atoms with Crippen molar-refractivity contribution in [2.45, 2.75) is 36.8 Å². The predicted molar refractivity (Wildman–Crippen MR) is 62.4 cm³/mol. The summed E-state index contributed by atoms with van der Waals surface area (Å²) >= 11 is 0. The fourth-order valence-corrected chi connectivity index (χ4v) is 3.79. The van der Waals surface area contributed by atoms with E-state index in [0.717, 1.165) is 17.1 Å². The highest BCUT2D eigenvalue weighted by Gasteiger charge is 2.35. The lowest BCUT2D eigenvalue weighted by atomic mass is 10.2. The second kappa shape index (κ2) is 5.07. The molecule has 1 aromatic rings. The summed E-state index contributed by atoms with van der Waals surface area (Å²) in [5.74, 6) is -1.15. The van der Waals surface area contributed by atoms with Gasteiger partial charge in [0, 0.05) is 6.04 Å². The Morgan fingerprint density at radius 2 is 2.17 bits per heavy atom. The summed E-state index contributed by atoms with van der Waals surface area (Å²) in [5.41, 5.74) is 0. The van der Waals surface area contributed by atoms with Crippen molar-refractivity contribution in [2.24, 2.45) is 0 Å². The number of nitrogens with one attached hydrogen (secondary N) is 1. The van der Waals surface area contributed by atoms with E-state index in [1.54, 1.807) is 0 Å². The molecule has 8 heteroatoms. The van der Waals surface area contributed by atoms with Crippen molar-refractivity contribution in [2.75, 3.05) is 6.54 Å². The molecule has 0 spiro atoms. The topological polar surface area (TPSA) is 103 Å². The second-order valence-electron chi connectivity index (χ2n) is 4.30. The highest BCUT2D eigenvalue weighted by Crippen LogP contribution is 2.27. The van der Waals surface area contributed by atoms with E-state index >= 15 is 0 Å². The lowest BCUT2D eigenvalue weighted by molar-refractivity contribution is -0.137. The number of aliphatic carboxylic acids is 1. The van der Waals surface area contributed by atoms with E-state index in [-0.39, 0.29) is 11.1 Å². The zero-order chi connectivity index (χ0) is 13.2. The molecule has 1 fully saturated rings. The van der Waals surface area contributed by atoms with Crippen molar-refractivity contribution in [3.63, 3.8) is 0 Å². The largest absolute Gasteiger partial charge is 0.480 e. The van der Waals surface area contributed by atoms with E-state index in [2.05, 4.69) is 10.2 Å². The van der Waals surface area contributed by atoms with Gasteiger partial charge in [-0.15, -0.1) is 0 Å². The molecule has 0 saturated heterocycles. The van der Waals surface area contributed by atoms with Gasteiger partial charge in [-0.1, -0.05) is 12.8 Å². The van der Waals surface area contributed by atoms with Crippen molar-refractivity contribution >= 4 is 16.0 Å². The van der Waals surface area contributed by atoms with Gasteiger partial charge < -0.3 is 5.11 Å². The van der Waals surface area contributed by atoms with Crippen LogP contribution in [-0.4, -0.2) is 46.6 Å². The normalized spacial score (nSPS) is 17.4. The molecule has 0 amide bonds. The second-order valence-corrected chi connectivity index (χ2v) is 6.16. The van der Waals surface area contributed by atoms with Crippen LogP contribution in [0.15, 0.2) is 17.3 Å². The number of hydrogen-bond acceptors (Lipinski definition) is 4. The van der Waals surface area contributed by atoms with Gasteiger partial charge in [0.25, 0.3) is 10.0 Å². The maximum absolute atomic E-state index is 12.3. The molecule has 0 bridgehead atoms. The highest BCUT2D eigenvalue weighted by molar-refractivity contribution is 7.89. The quantitative estimate of drug-likeness (QED) is 0.809. The van der Waals surface area contributed by atoms with Gasteiger partial charge in [-0.2, -0.15) is 9.40 Å². The van der Waals surface area contributed by atoms with Crippen LogP contribution in [0.2, 0.25) is 0 Å². The van der Waals surface area contributed by atoms with Crippen molar-refractivity contribution in [1.29, 1.82) is 0 Å². The molecule has 1 aliphatic rings. The van der Waals surface area contributed by atoms with Gasteiger partial charge in [0.1, 0.15) is 6.54 Å². The Balaban J connectivity index is 2.30. The number of hydrogen-bond donors (Lipinski definition) is 2. The molecule has 0 radical (unpaired) electrons. The number of carbonyl (C=O) groups is 1. The summed E-state index contributed by atoms with van der Waals surface area (Å²) in [5, 5.41) is 14.8. The van der Waals surface area contributed by atoms with Gasteiger partial charge in [0.05, 0.1) is 6.20 Å². The van der Waals surface area contributed by atoms with Crippen LogP contribution in [0.25, 0.3) is 0 Å². The van der Waals surface area contributed by atoms with Gasteiger partial charge in [0.2, 0.25) is 0 Å². The van der Waals surface area contributed by atoms with E-state index in [9.17, 15) is 13.2 Å². The van der Waals surface area contributed by atoms with Crippen molar-refractivity contribution in [3.8, 4) is 0 Å². The summed E-state index contributed by atoms with van der Waals surface area (Å²) in [6.45, 7) is -0.508. The molecule has 2 rings (SSSR count). The number of sulfonamides is 1. The Morgan fingerprint density at radius 3 is 2.67 bits per heavy atom. The van der Waals surface area contributed by atoms with Gasteiger partial charge in [-0.3, -0.25) is 9.89 Å². The minimum absolute atomic E-state index is 0.0596. The van der Waals surface area contributed by atoms with Crippen molar-refractivity contribution in [1.82, 2.24) is 14.5 Å². The summed E-state index contributed by atoms with van der Waals surface area (Å²) in [7, 11) is -3.80. The van der Waals surface area contributed by atoms with Gasteiger partial charge in [-0.05, 0) is 18.9 Å². The Kier molecular flexibility index (Phi) is 3.67. The first-order valence-corrected chi connectivity index (χ1v) is 7.19. The van der Waals surface area contributed by atoms with Crippen LogP contribution in [0.5, 0.6) is 0 Å². The number of H-pyrrole nitrogens is 1. The van der Waals surface area contributed by atoms with Crippen LogP contribution in [0.3, 0.4) is 0 Å². The number of nitrogens with zero attached hydrogens (tertiary/aromatic N) is 2. The number of carboxylic acids is 1. The number of aromatic amines is 1. The summed E-state index contributed by atoms with van der Waals surface area (Å²) in [4.78, 5) is 10.9. The number of carboxylic acid groups (broad SMARTS) is 1. The van der Waals surface area contributed by atoms with E-state index in [1.165, 1.54) is 12.3 Å². The third-order valence-electron chi connectivity index (χ3n) is 3.08. The van der Waals surface area contributed by atoms with Gasteiger partial charge in [0.15, 0.2) is 5.03 Å². The average Bonchev–Trinajstić information content (AvgIpc) is 2.98.